The zero-order valence-corrected chi connectivity index (χ0v) is 25.3. The predicted octanol–water partition coefficient (Wildman–Crippen LogP) is 1.13. The van der Waals surface area contributed by atoms with Gasteiger partial charge in [-0.2, -0.15) is 0 Å². The summed E-state index contributed by atoms with van der Waals surface area (Å²) in [7, 11) is 1.31. The lowest BCUT2D eigenvalue weighted by Crippen LogP contribution is -2.63. The summed E-state index contributed by atoms with van der Waals surface area (Å²) in [5, 5.41) is 7.63. The summed E-state index contributed by atoms with van der Waals surface area (Å²) >= 11 is 4.18. The number of nitrogens with two attached hydrogens (primary N) is 1. The van der Waals surface area contributed by atoms with Crippen molar-refractivity contribution >= 4 is 69.5 Å². The number of thioether (sulfide) groups is 2. The molecule has 0 bridgehead atoms. The number of ether oxygens (including phenoxy) is 4. The van der Waals surface area contributed by atoms with Crippen LogP contribution in [-0.2, 0) is 43.0 Å². The predicted molar refractivity (Wildman–Crippen MR) is 151 cm³/mol. The summed E-state index contributed by atoms with van der Waals surface area (Å²) in [5.41, 5.74) is 5.28. The molecule has 0 aliphatic carbocycles. The molecule has 2 atom stereocenters. The van der Waals surface area contributed by atoms with Crippen molar-refractivity contribution in [2.24, 2.45) is 16.5 Å². The van der Waals surface area contributed by atoms with Crippen molar-refractivity contribution in [3.8, 4) is 0 Å². The van der Waals surface area contributed by atoms with Gasteiger partial charge in [-0.15, -0.1) is 34.9 Å². The quantitative estimate of drug-likeness (QED) is 0.124. The van der Waals surface area contributed by atoms with Crippen molar-refractivity contribution in [2.75, 3.05) is 44.4 Å². The van der Waals surface area contributed by atoms with Crippen LogP contribution in [0.3, 0.4) is 0 Å². The molecular formula is C24H31N5O9S3. The largest absolute Gasteiger partial charge is 0.427 e. The van der Waals surface area contributed by atoms with E-state index in [1.54, 1.807) is 44.0 Å². The van der Waals surface area contributed by atoms with E-state index in [1.165, 1.54) is 23.8 Å². The maximum absolute atomic E-state index is 12.9. The summed E-state index contributed by atoms with van der Waals surface area (Å²) in [5.74, 6) is -0.918. The second-order valence-corrected chi connectivity index (χ2v) is 13.3. The number of hydrogen-bond acceptors (Lipinski definition) is 15. The Labute approximate surface area is 248 Å². The maximum atomic E-state index is 12.9. The number of nitrogens with one attached hydrogen (secondary N) is 1. The number of oxime groups is 1. The molecule has 2 fully saturated rings. The van der Waals surface area contributed by atoms with Crippen molar-refractivity contribution in [1.29, 1.82) is 0 Å². The number of fused-ring (bicyclic) bond motifs is 1. The van der Waals surface area contributed by atoms with Gasteiger partial charge in [-0.3, -0.25) is 19.3 Å². The highest BCUT2D eigenvalue weighted by Crippen LogP contribution is 2.44. The van der Waals surface area contributed by atoms with E-state index >= 15 is 0 Å². The third-order valence-corrected chi connectivity index (χ3v) is 9.40. The minimum absolute atomic E-state index is 0.0217. The first-order valence-corrected chi connectivity index (χ1v) is 15.4. The van der Waals surface area contributed by atoms with Crippen molar-refractivity contribution in [1.82, 2.24) is 15.2 Å². The molecule has 3 aliphatic heterocycles. The Morgan fingerprint density at radius 3 is 2.63 bits per heavy atom. The molecule has 2 unspecified atom stereocenters. The van der Waals surface area contributed by atoms with Gasteiger partial charge in [0.2, 0.25) is 19.1 Å². The van der Waals surface area contributed by atoms with Crippen LogP contribution in [0.5, 0.6) is 0 Å². The van der Waals surface area contributed by atoms with Crippen molar-refractivity contribution in [3.05, 3.63) is 22.8 Å². The lowest BCUT2D eigenvalue weighted by Gasteiger charge is -2.48. The number of nitrogens with zero attached hydrogens (tertiary/aromatic N) is 3. The number of carbonyl (C=O) groups is 4. The van der Waals surface area contributed by atoms with E-state index in [2.05, 4.69) is 15.5 Å². The third-order valence-electron chi connectivity index (χ3n) is 5.89. The van der Waals surface area contributed by atoms with Crippen LogP contribution in [0.15, 0.2) is 22.3 Å². The average molecular weight is 630 g/mol. The zero-order chi connectivity index (χ0) is 29.7. The number of thiazole rings is 1. The summed E-state index contributed by atoms with van der Waals surface area (Å²) in [4.78, 5) is 60.2. The van der Waals surface area contributed by atoms with Crippen molar-refractivity contribution in [2.45, 2.75) is 37.8 Å². The summed E-state index contributed by atoms with van der Waals surface area (Å²) in [6, 6.07) is 0. The highest BCUT2D eigenvalue weighted by atomic mass is 32.2. The molecular weight excluding hydrogens is 598 g/mol. The van der Waals surface area contributed by atoms with Gasteiger partial charge in [0.25, 0.3) is 5.91 Å². The van der Waals surface area contributed by atoms with Crippen LogP contribution in [0.4, 0.5) is 5.13 Å². The van der Waals surface area contributed by atoms with E-state index in [0.717, 1.165) is 11.3 Å². The molecule has 41 heavy (non-hydrogen) atoms. The van der Waals surface area contributed by atoms with E-state index in [0.29, 0.717) is 24.7 Å². The molecule has 0 spiro atoms. The van der Waals surface area contributed by atoms with Gasteiger partial charge < -0.3 is 34.8 Å². The fourth-order valence-corrected chi connectivity index (χ4v) is 7.11. The molecule has 0 radical (unpaired) electrons. The molecule has 4 rings (SSSR count). The Hall–Kier alpha value is -2.86. The highest BCUT2D eigenvalue weighted by Gasteiger charge is 2.52. The summed E-state index contributed by atoms with van der Waals surface area (Å²) < 4.78 is 21.4. The number of amides is 2. The fourth-order valence-electron chi connectivity index (χ4n) is 3.77. The summed E-state index contributed by atoms with van der Waals surface area (Å²) in [6.45, 7) is 5.15. The van der Waals surface area contributed by atoms with E-state index < -0.39 is 36.5 Å². The Bertz CT molecular complexity index is 1220. The van der Waals surface area contributed by atoms with Gasteiger partial charge in [-0.25, -0.2) is 9.78 Å². The second kappa shape index (κ2) is 13.4. The van der Waals surface area contributed by atoms with Gasteiger partial charge in [-0.1, -0.05) is 5.16 Å². The Balaban J connectivity index is 1.20. The van der Waals surface area contributed by atoms with Gasteiger partial charge in [-0.05, 0) is 26.8 Å². The van der Waals surface area contributed by atoms with Crippen LogP contribution in [0.2, 0.25) is 0 Å². The number of carbonyl (C=O) groups excluding carboxylic acids is 4. The zero-order valence-electron chi connectivity index (χ0n) is 22.8. The molecule has 2 saturated heterocycles. The number of rotatable bonds is 10. The molecule has 3 N–H and O–H groups in total. The lowest BCUT2D eigenvalue weighted by molar-refractivity contribution is -0.210. The first-order valence-electron chi connectivity index (χ1n) is 12.5. The smallest absolute Gasteiger partial charge is 0.357 e. The second-order valence-electron chi connectivity index (χ2n) is 10.0. The first kappa shape index (κ1) is 31.1. The molecule has 2 amide bonds. The number of hydrogen-bond donors (Lipinski definition) is 2. The molecule has 14 nitrogen and oxygen atoms in total. The van der Waals surface area contributed by atoms with E-state index in [1.807, 2.05) is 0 Å². The maximum Gasteiger partial charge on any atom is 0.357 e. The lowest BCUT2D eigenvalue weighted by atomic mass is 9.98. The van der Waals surface area contributed by atoms with Gasteiger partial charge in [0.15, 0.2) is 10.8 Å². The van der Waals surface area contributed by atoms with Gasteiger partial charge in [0.05, 0.1) is 18.6 Å². The molecule has 17 heteroatoms. The SMILES string of the molecule is CO/N=C(\C(=O)NC1OCC(CSC2C(=O)N3C(C(=O)OCOC(=O)C(C)(C)C)=CCSC23)CO1)c1csc(N)n1. The fraction of sp³-hybridized carbons (Fsp3) is 0.583. The van der Waals surface area contributed by atoms with Crippen molar-refractivity contribution in [3.63, 3.8) is 0 Å². The number of esters is 2. The monoisotopic (exact) mass is 629 g/mol. The van der Waals surface area contributed by atoms with Gasteiger partial charge in [0, 0.05) is 22.8 Å². The third kappa shape index (κ3) is 7.51. The minimum atomic E-state index is -0.988. The molecule has 0 aromatic carbocycles. The number of nitrogen functional groups attached to an aromatic ring is 1. The Kier molecular flexibility index (Phi) is 10.2. The van der Waals surface area contributed by atoms with Crippen LogP contribution < -0.4 is 11.1 Å². The molecule has 0 saturated carbocycles. The standard InChI is InChI=1S/C24H31N5O9S3/c1-24(2,3)21(33)38-11-37-20(32)14-5-6-39-19-16(18(31)29(14)19)40-9-12-7-35-23(36-8-12)27-17(30)15(28-34-4)13-10-41-22(25)26-13/h5,10,12,16,19,23H,6-9,11H2,1-4H3,(H2,25,26)(H,27,30)/b28-15-. The van der Waals surface area contributed by atoms with Crippen LogP contribution in [0, 0.1) is 11.3 Å². The number of anilines is 1. The topological polar surface area (TPSA) is 181 Å². The average Bonchev–Trinajstić information content (AvgIpc) is 3.36. The highest BCUT2D eigenvalue weighted by molar-refractivity contribution is 8.04. The number of aromatic nitrogens is 1. The van der Waals surface area contributed by atoms with E-state index in [-0.39, 0.29) is 44.7 Å². The minimum Gasteiger partial charge on any atom is -0.427 e. The molecule has 1 aromatic rings. The molecule has 1 aromatic heterocycles. The first-order chi connectivity index (χ1) is 19.5. The van der Waals surface area contributed by atoms with E-state index in [4.69, 9.17) is 29.5 Å². The summed E-state index contributed by atoms with van der Waals surface area (Å²) in [6.07, 6.45) is 0.648. The van der Waals surface area contributed by atoms with Gasteiger partial charge in [0.1, 0.15) is 29.1 Å². The van der Waals surface area contributed by atoms with Crippen molar-refractivity contribution < 1.29 is 43.0 Å². The molecule has 224 valence electrons. The van der Waals surface area contributed by atoms with Crippen LogP contribution >= 0.6 is 34.9 Å². The van der Waals surface area contributed by atoms with Crippen LogP contribution in [0.25, 0.3) is 0 Å². The Morgan fingerprint density at radius 1 is 1.27 bits per heavy atom. The normalized spacial score (nSPS) is 24.5. The van der Waals surface area contributed by atoms with Crippen LogP contribution in [0.1, 0.15) is 26.5 Å². The molecule has 4 heterocycles. The Morgan fingerprint density at radius 2 is 2.00 bits per heavy atom. The number of β-lactam (4-membered cyclic amide) rings is 1. The van der Waals surface area contributed by atoms with E-state index in [9.17, 15) is 19.2 Å². The molecule has 3 aliphatic rings. The van der Waals surface area contributed by atoms with Gasteiger partial charge >= 0.3 is 11.9 Å². The van der Waals surface area contributed by atoms with Crippen LogP contribution in [-0.4, -0.2) is 95.0 Å².